The fourth-order valence-corrected chi connectivity index (χ4v) is 5.76. The Morgan fingerprint density at radius 1 is 0.973 bits per heavy atom. The molecule has 1 aromatic heterocycles. The SMILES string of the molecule is COC(=O)N1c2ccc(-c3ccc4c(c3)CCN4S(C)(=O)=O)cc2N(C(=O)Oc2ccccn2)C[C@@H]1C. The number of rotatable bonds is 3. The Bertz CT molecular complexity index is 1480. The van der Waals surface area contributed by atoms with E-state index in [0.717, 1.165) is 16.7 Å². The average molecular weight is 523 g/mol. The Balaban J connectivity index is 1.55. The molecule has 0 N–H and O–H groups in total. The molecule has 5 rings (SSSR count). The molecule has 0 fully saturated rings. The van der Waals surface area contributed by atoms with Gasteiger partial charge in [0.15, 0.2) is 0 Å². The summed E-state index contributed by atoms with van der Waals surface area (Å²) in [7, 11) is -2.03. The van der Waals surface area contributed by atoms with Crippen LogP contribution in [0.25, 0.3) is 11.1 Å². The van der Waals surface area contributed by atoms with Crippen LogP contribution in [0.4, 0.5) is 26.7 Å². The van der Waals surface area contributed by atoms with E-state index in [-0.39, 0.29) is 18.5 Å². The van der Waals surface area contributed by atoms with Crippen LogP contribution in [0.2, 0.25) is 0 Å². The number of carbonyl (C=O) groups excluding carboxylic acids is 2. The number of aromatic nitrogens is 1. The summed E-state index contributed by atoms with van der Waals surface area (Å²) in [6.07, 6.45) is 2.19. The maximum Gasteiger partial charge on any atom is 0.421 e. The van der Waals surface area contributed by atoms with Crippen molar-refractivity contribution >= 4 is 39.3 Å². The first-order valence-corrected chi connectivity index (χ1v) is 13.5. The molecular formula is C26H26N4O6S. The number of ether oxygens (including phenoxy) is 2. The van der Waals surface area contributed by atoms with Crippen molar-refractivity contribution in [2.45, 2.75) is 19.4 Å². The molecule has 192 valence electrons. The van der Waals surface area contributed by atoms with Gasteiger partial charge in [0.05, 0.1) is 43.0 Å². The number of methoxy groups -OCH3 is 1. The molecule has 0 unspecified atom stereocenters. The van der Waals surface area contributed by atoms with Crippen molar-refractivity contribution in [1.29, 1.82) is 0 Å². The minimum Gasteiger partial charge on any atom is -0.452 e. The first kappa shape index (κ1) is 24.6. The van der Waals surface area contributed by atoms with E-state index in [1.165, 1.54) is 33.7 Å². The summed E-state index contributed by atoms with van der Waals surface area (Å²) in [5.74, 6) is 0.169. The molecule has 0 bridgehead atoms. The number of carbonyl (C=O) groups is 2. The molecule has 2 aliphatic rings. The number of benzene rings is 2. The van der Waals surface area contributed by atoms with Crippen LogP contribution in [-0.4, -0.2) is 58.1 Å². The largest absolute Gasteiger partial charge is 0.452 e. The number of anilines is 3. The smallest absolute Gasteiger partial charge is 0.421 e. The van der Waals surface area contributed by atoms with Gasteiger partial charge >= 0.3 is 12.2 Å². The predicted octanol–water partition coefficient (Wildman–Crippen LogP) is 4.05. The Kier molecular flexibility index (Phi) is 6.24. The Morgan fingerprint density at radius 2 is 1.70 bits per heavy atom. The molecule has 37 heavy (non-hydrogen) atoms. The highest BCUT2D eigenvalue weighted by Crippen LogP contribution is 2.41. The van der Waals surface area contributed by atoms with Crippen LogP contribution in [0.1, 0.15) is 12.5 Å². The molecule has 1 atom stereocenters. The molecule has 0 radical (unpaired) electrons. The Morgan fingerprint density at radius 3 is 2.38 bits per heavy atom. The zero-order valence-electron chi connectivity index (χ0n) is 20.6. The topological polar surface area (TPSA) is 109 Å². The van der Waals surface area contributed by atoms with Crippen LogP contribution in [0.15, 0.2) is 60.8 Å². The van der Waals surface area contributed by atoms with Gasteiger partial charge in [0, 0.05) is 18.8 Å². The van der Waals surface area contributed by atoms with Gasteiger partial charge in [0.2, 0.25) is 15.9 Å². The Hall–Kier alpha value is -4.12. The van der Waals surface area contributed by atoms with Crippen molar-refractivity contribution in [2.75, 3.05) is 40.6 Å². The lowest BCUT2D eigenvalue weighted by Gasteiger charge is -2.39. The minimum absolute atomic E-state index is 0.169. The summed E-state index contributed by atoms with van der Waals surface area (Å²) in [5, 5.41) is 0. The third-order valence-corrected chi connectivity index (χ3v) is 7.68. The van der Waals surface area contributed by atoms with Gasteiger partial charge < -0.3 is 9.47 Å². The van der Waals surface area contributed by atoms with Gasteiger partial charge in [-0.2, -0.15) is 0 Å². The molecule has 2 aliphatic heterocycles. The van der Waals surface area contributed by atoms with E-state index in [0.29, 0.717) is 30.0 Å². The number of fused-ring (bicyclic) bond motifs is 2. The second-order valence-corrected chi connectivity index (χ2v) is 10.9. The number of hydrogen-bond donors (Lipinski definition) is 0. The highest BCUT2D eigenvalue weighted by molar-refractivity contribution is 7.92. The summed E-state index contributed by atoms with van der Waals surface area (Å²) in [6.45, 7) is 2.41. The molecule has 0 aliphatic carbocycles. The summed E-state index contributed by atoms with van der Waals surface area (Å²) in [5.41, 5.74) is 4.26. The third kappa shape index (κ3) is 4.57. The van der Waals surface area contributed by atoms with Crippen molar-refractivity contribution < 1.29 is 27.5 Å². The lowest BCUT2D eigenvalue weighted by Crippen LogP contribution is -2.52. The third-order valence-electron chi connectivity index (χ3n) is 6.50. The van der Waals surface area contributed by atoms with E-state index in [1.54, 1.807) is 30.3 Å². The molecule has 11 heteroatoms. The van der Waals surface area contributed by atoms with Crippen molar-refractivity contribution in [3.05, 3.63) is 66.4 Å². The monoisotopic (exact) mass is 522 g/mol. The molecule has 0 saturated carbocycles. The van der Waals surface area contributed by atoms with E-state index in [4.69, 9.17) is 9.47 Å². The van der Waals surface area contributed by atoms with Crippen molar-refractivity contribution in [3.8, 4) is 17.0 Å². The maximum absolute atomic E-state index is 13.2. The van der Waals surface area contributed by atoms with E-state index < -0.39 is 22.2 Å². The zero-order valence-corrected chi connectivity index (χ0v) is 21.4. The first-order chi connectivity index (χ1) is 17.7. The highest BCUT2D eigenvalue weighted by Gasteiger charge is 2.37. The molecule has 2 aromatic carbocycles. The molecular weight excluding hydrogens is 496 g/mol. The number of nitrogens with zero attached hydrogens (tertiary/aromatic N) is 4. The first-order valence-electron chi connectivity index (χ1n) is 11.7. The zero-order chi connectivity index (χ0) is 26.3. The van der Waals surface area contributed by atoms with Gasteiger partial charge in [-0.1, -0.05) is 18.2 Å². The predicted molar refractivity (Wildman–Crippen MR) is 140 cm³/mol. The number of pyridine rings is 1. The average Bonchev–Trinajstić information content (AvgIpc) is 3.32. The van der Waals surface area contributed by atoms with Crippen LogP contribution in [0.3, 0.4) is 0 Å². The van der Waals surface area contributed by atoms with E-state index in [1.807, 2.05) is 31.2 Å². The van der Waals surface area contributed by atoms with E-state index in [2.05, 4.69) is 4.98 Å². The van der Waals surface area contributed by atoms with Crippen molar-refractivity contribution in [3.63, 3.8) is 0 Å². The number of sulfonamides is 1. The van der Waals surface area contributed by atoms with Gasteiger partial charge in [-0.15, -0.1) is 0 Å². The van der Waals surface area contributed by atoms with Gasteiger partial charge in [-0.25, -0.2) is 23.0 Å². The molecule has 10 nitrogen and oxygen atoms in total. The lowest BCUT2D eigenvalue weighted by molar-refractivity contribution is 0.175. The summed E-state index contributed by atoms with van der Waals surface area (Å²) in [6, 6.07) is 15.7. The van der Waals surface area contributed by atoms with Crippen LogP contribution >= 0.6 is 0 Å². The minimum atomic E-state index is -3.35. The van der Waals surface area contributed by atoms with Crippen LogP contribution in [0, 0.1) is 0 Å². The van der Waals surface area contributed by atoms with Crippen LogP contribution in [-0.2, 0) is 21.2 Å². The summed E-state index contributed by atoms with van der Waals surface area (Å²) < 4.78 is 36.1. The van der Waals surface area contributed by atoms with Gasteiger partial charge in [0.25, 0.3) is 0 Å². The highest BCUT2D eigenvalue weighted by atomic mass is 32.2. The van der Waals surface area contributed by atoms with E-state index in [9.17, 15) is 18.0 Å². The summed E-state index contributed by atoms with van der Waals surface area (Å²) in [4.78, 5) is 32.9. The van der Waals surface area contributed by atoms with E-state index >= 15 is 0 Å². The fourth-order valence-electron chi connectivity index (χ4n) is 4.80. The van der Waals surface area contributed by atoms with Gasteiger partial charge in [-0.05, 0) is 60.4 Å². The van der Waals surface area contributed by atoms with Crippen molar-refractivity contribution in [2.24, 2.45) is 0 Å². The van der Waals surface area contributed by atoms with Crippen LogP contribution in [0.5, 0.6) is 5.88 Å². The molecule has 0 spiro atoms. The van der Waals surface area contributed by atoms with Gasteiger partial charge in [-0.3, -0.25) is 14.1 Å². The van der Waals surface area contributed by atoms with Crippen LogP contribution < -0.4 is 18.8 Å². The molecule has 0 saturated heterocycles. The number of hydrogen-bond acceptors (Lipinski definition) is 7. The quantitative estimate of drug-likeness (QED) is 0.510. The number of amides is 2. The standard InChI is InChI=1S/C26H26N4O6S/c1-17-16-28(25(31)36-24-6-4-5-12-27-24)23-15-19(8-10-22(23)30(17)26(32)35-2)18-7-9-21-20(14-18)11-13-29(21)37(3,33)34/h4-10,12,14-15,17H,11,13,16H2,1-3H3/t17-/m0/s1. The maximum atomic E-state index is 13.2. The normalized spacial score (nSPS) is 16.7. The van der Waals surface area contributed by atoms with Gasteiger partial charge in [0.1, 0.15) is 0 Å². The summed E-state index contributed by atoms with van der Waals surface area (Å²) >= 11 is 0. The molecule has 3 aromatic rings. The fraction of sp³-hybridized carbons (Fsp3) is 0.269. The molecule has 3 heterocycles. The second kappa shape index (κ2) is 9.40. The Labute approximate surface area is 215 Å². The lowest BCUT2D eigenvalue weighted by atomic mass is 9.99. The second-order valence-electron chi connectivity index (χ2n) is 8.97. The van der Waals surface area contributed by atoms with Crippen molar-refractivity contribution in [1.82, 2.24) is 4.98 Å². The molecule has 2 amide bonds.